The molecule has 72 valence electrons. The van der Waals surface area contributed by atoms with Gasteiger partial charge >= 0.3 is 0 Å². The van der Waals surface area contributed by atoms with Crippen LogP contribution in [0.5, 0.6) is 0 Å². The van der Waals surface area contributed by atoms with Crippen molar-refractivity contribution in [3.8, 4) is 0 Å². The second kappa shape index (κ2) is 3.67. The lowest BCUT2D eigenvalue weighted by Gasteiger charge is -2.51. The first-order valence-corrected chi connectivity index (χ1v) is 5.71. The van der Waals surface area contributed by atoms with Gasteiger partial charge in [-0.25, -0.2) is 0 Å². The van der Waals surface area contributed by atoms with Gasteiger partial charge in [0.05, 0.1) is 12.2 Å². The number of hydrogen-bond acceptors (Lipinski definition) is 1. The van der Waals surface area contributed by atoms with Crippen molar-refractivity contribution in [1.29, 1.82) is 0 Å². The summed E-state index contributed by atoms with van der Waals surface area (Å²) in [7, 11) is 0. The van der Waals surface area contributed by atoms with Gasteiger partial charge in [0.2, 0.25) is 0 Å². The maximum absolute atomic E-state index is 5.83. The van der Waals surface area contributed by atoms with Crippen LogP contribution in [0.4, 0.5) is 0 Å². The Morgan fingerprint density at radius 2 is 2.17 bits per heavy atom. The molecule has 12 heavy (non-hydrogen) atoms. The molecule has 0 aliphatic heterocycles. The maximum Gasteiger partial charge on any atom is 0.0653 e. The van der Waals surface area contributed by atoms with Crippen molar-refractivity contribution in [2.75, 3.05) is 0 Å². The Kier molecular flexibility index (Phi) is 3.21. The van der Waals surface area contributed by atoms with Crippen molar-refractivity contribution in [2.24, 2.45) is 5.41 Å². The van der Waals surface area contributed by atoms with Gasteiger partial charge in [-0.1, -0.05) is 29.8 Å². The molecule has 2 heteroatoms. The molecular formula is C10H19BrO. The molecular weight excluding hydrogens is 216 g/mol. The van der Waals surface area contributed by atoms with Crippen LogP contribution in [0.15, 0.2) is 0 Å². The minimum atomic E-state index is 0.362. The molecule has 0 radical (unpaired) electrons. The fraction of sp³-hybridized carbons (Fsp3) is 1.00. The fourth-order valence-corrected chi connectivity index (χ4v) is 2.71. The average Bonchev–Trinajstić information content (AvgIpc) is 2.02. The van der Waals surface area contributed by atoms with Crippen LogP contribution >= 0.6 is 15.9 Å². The number of alkyl halides is 1. The highest BCUT2D eigenvalue weighted by molar-refractivity contribution is 9.09. The Hall–Kier alpha value is 0.440. The van der Waals surface area contributed by atoms with E-state index in [1.54, 1.807) is 0 Å². The standard InChI is InChI=1S/C10H19BrO/c1-5-10(4)8(11)6-9(10)12-7(2)3/h7-9H,5-6H2,1-4H3. The summed E-state index contributed by atoms with van der Waals surface area (Å²) in [5, 5.41) is 0. The molecule has 1 aliphatic rings. The van der Waals surface area contributed by atoms with Crippen molar-refractivity contribution in [2.45, 2.75) is 57.6 Å². The van der Waals surface area contributed by atoms with Crippen LogP contribution in [0.3, 0.4) is 0 Å². The Labute approximate surface area is 84.0 Å². The molecule has 0 aromatic heterocycles. The molecule has 0 aromatic rings. The summed E-state index contributed by atoms with van der Waals surface area (Å²) in [4.78, 5) is 0.652. The van der Waals surface area contributed by atoms with Gasteiger partial charge in [-0.05, 0) is 26.7 Å². The number of halogens is 1. The van der Waals surface area contributed by atoms with E-state index in [0.717, 1.165) is 0 Å². The Bertz CT molecular complexity index is 158. The van der Waals surface area contributed by atoms with Crippen molar-refractivity contribution < 1.29 is 4.74 Å². The normalized spacial score (nSPS) is 41.5. The summed E-state index contributed by atoms with van der Waals surface area (Å²) in [5.74, 6) is 0. The molecule has 1 nitrogen and oxygen atoms in total. The lowest BCUT2D eigenvalue weighted by Crippen LogP contribution is -2.53. The highest BCUT2D eigenvalue weighted by Crippen LogP contribution is 2.50. The maximum atomic E-state index is 5.83. The van der Waals surface area contributed by atoms with Crippen molar-refractivity contribution >= 4 is 15.9 Å². The Morgan fingerprint density at radius 1 is 1.58 bits per heavy atom. The molecule has 0 saturated heterocycles. The molecule has 3 atom stereocenters. The molecule has 0 heterocycles. The summed E-state index contributed by atoms with van der Waals surface area (Å²) in [6, 6.07) is 0. The van der Waals surface area contributed by atoms with Gasteiger partial charge < -0.3 is 4.74 Å². The first kappa shape index (κ1) is 10.5. The largest absolute Gasteiger partial charge is 0.375 e. The van der Waals surface area contributed by atoms with E-state index < -0.39 is 0 Å². The minimum absolute atomic E-state index is 0.362. The molecule has 1 rings (SSSR count). The second-order valence-corrected chi connectivity index (χ2v) is 5.34. The molecule has 0 spiro atoms. The molecule has 3 unspecified atom stereocenters. The van der Waals surface area contributed by atoms with E-state index in [-0.39, 0.29) is 0 Å². The van der Waals surface area contributed by atoms with Gasteiger partial charge in [0.25, 0.3) is 0 Å². The third-order valence-electron chi connectivity index (χ3n) is 3.07. The van der Waals surface area contributed by atoms with E-state index in [0.29, 0.717) is 22.5 Å². The number of ether oxygens (including phenoxy) is 1. The lowest BCUT2D eigenvalue weighted by molar-refractivity contribution is -0.120. The van der Waals surface area contributed by atoms with Crippen LogP contribution in [-0.4, -0.2) is 17.0 Å². The van der Waals surface area contributed by atoms with E-state index in [1.165, 1.54) is 12.8 Å². The van der Waals surface area contributed by atoms with Gasteiger partial charge in [0.15, 0.2) is 0 Å². The summed E-state index contributed by atoms with van der Waals surface area (Å²) in [6.07, 6.45) is 3.19. The minimum Gasteiger partial charge on any atom is -0.375 e. The molecule has 1 saturated carbocycles. The summed E-state index contributed by atoms with van der Waals surface area (Å²) in [5.41, 5.74) is 0.365. The van der Waals surface area contributed by atoms with Crippen LogP contribution < -0.4 is 0 Å². The van der Waals surface area contributed by atoms with Gasteiger partial charge in [-0.2, -0.15) is 0 Å². The Morgan fingerprint density at radius 3 is 2.50 bits per heavy atom. The van der Waals surface area contributed by atoms with Crippen LogP contribution in [0, 0.1) is 5.41 Å². The average molecular weight is 235 g/mol. The van der Waals surface area contributed by atoms with Gasteiger partial charge in [-0.15, -0.1) is 0 Å². The quantitative estimate of drug-likeness (QED) is 0.681. The summed E-state index contributed by atoms with van der Waals surface area (Å²) >= 11 is 3.69. The third kappa shape index (κ3) is 1.69. The second-order valence-electron chi connectivity index (χ2n) is 4.24. The fourth-order valence-electron chi connectivity index (χ4n) is 1.76. The van der Waals surface area contributed by atoms with E-state index in [1.807, 2.05) is 0 Å². The van der Waals surface area contributed by atoms with Gasteiger partial charge in [0.1, 0.15) is 0 Å². The molecule has 0 bridgehead atoms. The van der Waals surface area contributed by atoms with E-state index in [9.17, 15) is 0 Å². The first-order chi connectivity index (χ1) is 5.50. The predicted octanol–water partition coefficient (Wildman–Crippen LogP) is 3.36. The van der Waals surface area contributed by atoms with Gasteiger partial charge in [0, 0.05) is 10.2 Å². The highest BCUT2D eigenvalue weighted by Gasteiger charge is 2.50. The first-order valence-electron chi connectivity index (χ1n) is 4.80. The smallest absolute Gasteiger partial charge is 0.0653 e. The Balaban J connectivity index is 2.48. The van der Waals surface area contributed by atoms with Gasteiger partial charge in [-0.3, -0.25) is 0 Å². The summed E-state index contributed by atoms with van der Waals surface area (Å²) in [6.45, 7) is 8.77. The zero-order chi connectivity index (χ0) is 9.35. The van der Waals surface area contributed by atoms with E-state index in [4.69, 9.17) is 4.74 Å². The van der Waals surface area contributed by atoms with Crippen molar-refractivity contribution in [3.05, 3.63) is 0 Å². The monoisotopic (exact) mass is 234 g/mol. The lowest BCUT2D eigenvalue weighted by atomic mass is 9.65. The molecule has 1 fully saturated rings. The van der Waals surface area contributed by atoms with E-state index >= 15 is 0 Å². The topological polar surface area (TPSA) is 9.23 Å². The van der Waals surface area contributed by atoms with Crippen LogP contribution in [0.1, 0.15) is 40.5 Å². The molecule has 0 N–H and O–H groups in total. The zero-order valence-electron chi connectivity index (χ0n) is 8.43. The van der Waals surface area contributed by atoms with Crippen LogP contribution in [0.2, 0.25) is 0 Å². The SMILES string of the molecule is CCC1(C)C(Br)CC1OC(C)C. The number of rotatable bonds is 3. The van der Waals surface area contributed by atoms with Crippen LogP contribution in [0.25, 0.3) is 0 Å². The zero-order valence-corrected chi connectivity index (χ0v) is 10.0. The van der Waals surface area contributed by atoms with Crippen LogP contribution in [-0.2, 0) is 4.74 Å². The van der Waals surface area contributed by atoms with E-state index in [2.05, 4.69) is 43.6 Å². The summed E-state index contributed by atoms with van der Waals surface area (Å²) < 4.78 is 5.83. The predicted molar refractivity (Wildman–Crippen MR) is 55.7 cm³/mol. The molecule has 0 amide bonds. The van der Waals surface area contributed by atoms with Crippen molar-refractivity contribution in [1.82, 2.24) is 0 Å². The molecule has 0 aromatic carbocycles. The molecule has 1 aliphatic carbocycles. The third-order valence-corrected chi connectivity index (χ3v) is 4.49. The van der Waals surface area contributed by atoms with Crippen molar-refractivity contribution in [3.63, 3.8) is 0 Å². The number of hydrogen-bond donors (Lipinski definition) is 0. The highest BCUT2D eigenvalue weighted by atomic mass is 79.9.